The van der Waals surface area contributed by atoms with E-state index in [9.17, 15) is 4.79 Å². The van der Waals surface area contributed by atoms with E-state index in [0.717, 1.165) is 38.8 Å². The average molecular weight is 262 g/mol. The zero-order valence-electron chi connectivity index (χ0n) is 10.8. The number of nitrogens with zero attached hydrogens (tertiary/aromatic N) is 3. The topological polar surface area (TPSA) is 69.0 Å². The number of hydrogen-bond acceptors (Lipinski definition) is 5. The van der Waals surface area contributed by atoms with Crippen molar-refractivity contribution in [3.05, 3.63) is 23.7 Å². The molecule has 0 spiro atoms. The summed E-state index contributed by atoms with van der Waals surface area (Å²) in [5.41, 5.74) is 0.381. The van der Waals surface area contributed by atoms with Gasteiger partial charge >= 0.3 is 0 Å². The SMILES string of the molecule is O=C(C1=CCCCO1)c1cn(C2CCNCC2)nn1. The summed E-state index contributed by atoms with van der Waals surface area (Å²) in [6.45, 7) is 2.59. The molecule has 0 amide bonds. The van der Waals surface area contributed by atoms with Gasteiger partial charge < -0.3 is 10.1 Å². The summed E-state index contributed by atoms with van der Waals surface area (Å²) in [6, 6.07) is 0.344. The highest BCUT2D eigenvalue weighted by molar-refractivity contribution is 6.05. The summed E-state index contributed by atoms with van der Waals surface area (Å²) >= 11 is 0. The average Bonchev–Trinajstić information content (AvgIpc) is 2.98. The van der Waals surface area contributed by atoms with Crippen LogP contribution in [0, 0.1) is 0 Å². The van der Waals surface area contributed by atoms with E-state index in [1.54, 1.807) is 6.20 Å². The maximum absolute atomic E-state index is 12.2. The molecule has 0 radical (unpaired) electrons. The van der Waals surface area contributed by atoms with Crippen LogP contribution in [-0.2, 0) is 4.74 Å². The maximum Gasteiger partial charge on any atom is 0.249 e. The van der Waals surface area contributed by atoms with Crippen LogP contribution in [0.15, 0.2) is 18.0 Å². The number of nitrogens with one attached hydrogen (secondary N) is 1. The van der Waals surface area contributed by atoms with E-state index in [2.05, 4.69) is 15.6 Å². The van der Waals surface area contributed by atoms with E-state index < -0.39 is 0 Å². The molecule has 1 aromatic heterocycles. The van der Waals surface area contributed by atoms with Crippen molar-refractivity contribution in [2.24, 2.45) is 0 Å². The van der Waals surface area contributed by atoms with E-state index in [1.165, 1.54) is 0 Å². The van der Waals surface area contributed by atoms with E-state index in [-0.39, 0.29) is 5.78 Å². The molecule has 0 aliphatic carbocycles. The summed E-state index contributed by atoms with van der Waals surface area (Å²) in [6.07, 6.45) is 7.50. The number of ketones is 1. The molecule has 0 unspecified atom stereocenters. The number of carbonyl (C=O) groups is 1. The minimum Gasteiger partial charge on any atom is -0.490 e. The van der Waals surface area contributed by atoms with Crippen molar-refractivity contribution < 1.29 is 9.53 Å². The van der Waals surface area contributed by atoms with Gasteiger partial charge in [0.2, 0.25) is 5.78 Å². The lowest BCUT2D eigenvalue weighted by Crippen LogP contribution is -2.29. The van der Waals surface area contributed by atoms with Crippen LogP contribution >= 0.6 is 0 Å². The number of allylic oxidation sites excluding steroid dienone is 2. The van der Waals surface area contributed by atoms with Gasteiger partial charge in [0.25, 0.3) is 0 Å². The Morgan fingerprint density at radius 2 is 2.26 bits per heavy atom. The van der Waals surface area contributed by atoms with Crippen molar-refractivity contribution in [1.82, 2.24) is 20.3 Å². The van der Waals surface area contributed by atoms with Crippen LogP contribution in [0.2, 0.25) is 0 Å². The summed E-state index contributed by atoms with van der Waals surface area (Å²) in [4.78, 5) is 12.2. The lowest BCUT2D eigenvalue weighted by molar-refractivity contribution is 0.0894. The minimum absolute atomic E-state index is 0.153. The quantitative estimate of drug-likeness (QED) is 0.825. The van der Waals surface area contributed by atoms with Crippen molar-refractivity contribution in [3.8, 4) is 0 Å². The minimum atomic E-state index is -0.153. The van der Waals surface area contributed by atoms with Crippen LogP contribution in [0.5, 0.6) is 0 Å². The van der Waals surface area contributed by atoms with Crippen LogP contribution in [0.3, 0.4) is 0 Å². The molecule has 19 heavy (non-hydrogen) atoms. The lowest BCUT2D eigenvalue weighted by Gasteiger charge is -2.22. The van der Waals surface area contributed by atoms with Crippen molar-refractivity contribution in [2.45, 2.75) is 31.7 Å². The number of carbonyl (C=O) groups excluding carboxylic acids is 1. The van der Waals surface area contributed by atoms with Gasteiger partial charge in [-0.2, -0.15) is 0 Å². The third kappa shape index (κ3) is 2.68. The Kier molecular flexibility index (Phi) is 3.59. The summed E-state index contributed by atoms with van der Waals surface area (Å²) < 4.78 is 7.19. The van der Waals surface area contributed by atoms with Crippen molar-refractivity contribution in [3.63, 3.8) is 0 Å². The van der Waals surface area contributed by atoms with E-state index in [4.69, 9.17) is 4.74 Å². The van der Waals surface area contributed by atoms with E-state index in [1.807, 2.05) is 10.8 Å². The zero-order chi connectivity index (χ0) is 13.1. The molecule has 0 atom stereocenters. The highest BCUT2D eigenvalue weighted by atomic mass is 16.5. The molecule has 1 saturated heterocycles. The summed E-state index contributed by atoms with van der Waals surface area (Å²) in [7, 11) is 0. The molecule has 1 fully saturated rings. The van der Waals surface area contributed by atoms with Crippen molar-refractivity contribution in [1.29, 1.82) is 0 Å². The monoisotopic (exact) mass is 262 g/mol. The molecule has 6 heteroatoms. The Bertz CT molecular complexity index is 489. The molecule has 6 nitrogen and oxygen atoms in total. The zero-order valence-corrected chi connectivity index (χ0v) is 10.8. The first-order chi connectivity index (χ1) is 9.34. The van der Waals surface area contributed by atoms with Gasteiger partial charge in [-0.25, -0.2) is 4.68 Å². The Hall–Kier alpha value is -1.69. The fraction of sp³-hybridized carbons (Fsp3) is 0.615. The van der Waals surface area contributed by atoms with Crippen LogP contribution in [-0.4, -0.2) is 40.5 Å². The van der Waals surface area contributed by atoms with Crippen LogP contribution in [0.4, 0.5) is 0 Å². The van der Waals surface area contributed by atoms with Crippen molar-refractivity contribution in [2.75, 3.05) is 19.7 Å². The lowest BCUT2D eigenvalue weighted by atomic mass is 10.1. The van der Waals surface area contributed by atoms with Crippen LogP contribution < -0.4 is 5.32 Å². The maximum atomic E-state index is 12.2. The van der Waals surface area contributed by atoms with Crippen LogP contribution in [0.1, 0.15) is 42.2 Å². The standard InChI is InChI=1S/C13H18N4O2/c18-13(12-3-1-2-8-19-12)11-9-17(16-15-11)10-4-6-14-7-5-10/h3,9-10,14H,1-2,4-8H2. The number of hydrogen-bond donors (Lipinski definition) is 1. The molecular formula is C13H18N4O2. The first kappa shape index (κ1) is 12.3. The predicted molar refractivity (Wildman–Crippen MR) is 68.8 cm³/mol. The molecule has 1 N–H and O–H groups in total. The normalized spacial score (nSPS) is 20.7. The number of aromatic nitrogens is 3. The number of Topliss-reactive ketones (excluding diaryl/α,β-unsaturated/α-hetero) is 1. The Balaban J connectivity index is 1.73. The molecule has 0 aromatic carbocycles. The predicted octanol–water partition coefficient (Wildman–Crippen LogP) is 1.08. The Morgan fingerprint density at radius 3 is 3.00 bits per heavy atom. The van der Waals surface area contributed by atoms with E-state index >= 15 is 0 Å². The highest BCUT2D eigenvalue weighted by Gasteiger charge is 2.22. The molecular weight excluding hydrogens is 244 g/mol. The molecule has 0 saturated carbocycles. The molecule has 0 bridgehead atoms. The molecule has 102 valence electrons. The molecule has 3 rings (SSSR count). The Morgan fingerprint density at radius 1 is 1.42 bits per heavy atom. The first-order valence-corrected chi connectivity index (χ1v) is 6.85. The van der Waals surface area contributed by atoms with Gasteiger partial charge in [0, 0.05) is 0 Å². The highest BCUT2D eigenvalue weighted by Crippen LogP contribution is 2.19. The van der Waals surface area contributed by atoms with Gasteiger partial charge in [-0.3, -0.25) is 4.79 Å². The van der Waals surface area contributed by atoms with Gasteiger partial charge in [0.05, 0.1) is 18.8 Å². The number of ether oxygens (including phenoxy) is 1. The molecule has 2 aliphatic rings. The van der Waals surface area contributed by atoms with Crippen molar-refractivity contribution >= 4 is 5.78 Å². The fourth-order valence-corrected chi connectivity index (χ4v) is 2.47. The third-order valence-electron chi connectivity index (χ3n) is 3.59. The largest absolute Gasteiger partial charge is 0.490 e. The van der Waals surface area contributed by atoms with Gasteiger partial charge in [-0.1, -0.05) is 5.21 Å². The number of piperidine rings is 1. The smallest absolute Gasteiger partial charge is 0.249 e. The van der Waals surface area contributed by atoms with Gasteiger partial charge in [0.1, 0.15) is 0 Å². The Labute approximate surface area is 111 Å². The van der Waals surface area contributed by atoms with Gasteiger partial charge in [0.15, 0.2) is 11.5 Å². The third-order valence-corrected chi connectivity index (χ3v) is 3.59. The second-order valence-electron chi connectivity index (χ2n) is 4.95. The van der Waals surface area contributed by atoms with Gasteiger partial charge in [-0.05, 0) is 44.8 Å². The summed E-state index contributed by atoms with van der Waals surface area (Å²) in [5, 5.41) is 11.4. The van der Waals surface area contributed by atoms with E-state index in [0.29, 0.717) is 24.1 Å². The second kappa shape index (κ2) is 5.52. The van der Waals surface area contributed by atoms with Gasteiger partial charge in [-0.15, -0.1) is 5.10 Å². The molecule has 2 aliphatic heterocycles. The number of rotatable bonds is 3. The molecule has 1 aromatic rings. The first-order valence-electron chi connectivity index (χ1n) is 6.85. The molecule has 3 heterocycles. The summed E-state index contributed by atoms with van der Waals surface area (Å²) in [5.74, 6) is 0.267. The fourth-order valence-electron chi connectivity index (χ4n) is 2.47. The van der Waals surface area contributed by atoms with Crippen LogP contribution in [0.25, 0.3) is 0 Å². The second-order valence-corrected chi connectivity index (χ2v) is 4.95.